The quantitative estimate of drug-likeness (QED) is 0.298. The number of nitrogens with zero attached hydrogens (tertiary/aromatic N) is 8. The Balaban J connectivity index is 1.44. The number of rotatable bonds is 6. The number of benzene rings is 1. The van der Waals surface area contributed by atoms with Crippen molar-refractivity contribution in [1.29, 1.82) is 0 Å². The Morgan fingerprint density at radius 1 is 0.878 bits per heavy atom. The highest BCUT2D eigenvalue weighted by molar-refractivity contribution is 7.90. The molecule has 0 unspecified atom stereocenters. The zero-order chi connectivity index (χ0) is 29.5. The monoisotopic (exact) mass is 614 g/mol. The molecule has 4 aromatic rings. The largest absolute Gasteiger partial charge is 0.350 e. The van der Waals surface area contributed by atoms with E-state index >= 15 is 4.39 Å². The molecule has 0 N–H and O–H groups in total. The van der Waals surface area contributed by atoms with Gasteiger partial charge in [-0.1, -0.05) is 0 Å². The second kappa shape index (κ2) is 9.10. The van der Waals surface area contributed by atoms with Crippen LogP contribution in [0.15, 0.2) is 35.9 Å². The molecule has 0 atom stereocenters. The molecule has 1 aliphatic heterocycles. The standard InChI is InChI=1S/C23H22F4N8O4S2/c1-13(2)40(36,37)34-12-29-22(31-34)41(38,39)35-18-9-14(24)7-16(26)19(18)21(30-35)33-6-5-32(11-23(33)3-4-23)20-17(27)8-15(25)10-28-20/h7-10,12-13H,3-6,11H2,1-2H3. The third-order valence-corrected chi connectivity index (χ3v) is 10.5. The summed E-state index contributed by atoms with van der Waals surface area (Å²) in [5.41, 5.74) is -1.15. The van der Waals surface area contributed by atoms with E-state index in [4.69, 9.17) is 0 Å². The highest BCUT2D eigenvalue weighted by Crippen LogP contribution is 2.48. The first kappa shape index (κ1) is 27.4. The topological polar surface area (TPSA) is 136 Å². The molecular formula is C23H22F4N8O4S2. The molecule has 2 aliphatic rings. The molecule has 18 heteroatoms. The Labute approximate surface area is 231 Å². The number of pyridine rings is 1. The molecular weight excluding hydrogens is 592 g/mol. The Kier molecular flexibility index (Phi) is 6.08. The van der Waals surface area contributed by atoms with Gasteiger partial charge >= 0.3 is 10.0 Å². The fourth-order valence-corrected chi connectivity index (χ4v) is 6.93. The summed E-state index contributed by atoms with van der Waals surface area (Å²) in [6, 6.07) is 2.11. The average Bonchev–Trinajstić information content (AvgIpc) is 3.29. The molecule has 1 spiro atoms. The predicted octanol–water partition coefficient (Wildman–Crippen LogP) is 2.26. The maximum absolute atomic E-state index is 15.3. The second-order valence-electron chi connectivity index (χ2n) is 10.2. The van der Waals surface area contributed by atoms with Crippen LogP contribution in [0.1, 0.15) is 26.7 Å². The van der Waals surface area contributed by atoms with Gasteiger partial charge in [-0.3, -0.25) is 0 Å². The van der Waals surface area contributed by atoms with Crippen LogP contribution >= 0.6 is 0 Å². The van der Waals surface area contributed by atoms with Crippen molar-refractivity contribution in [2.75, 3.05) is 29.4 Å². The fraction of sp³-hybridized carbons (Fsp3) is 0.391. The minimum Gasteiger partial charge on any atom is -0.350 e. The molecule has 41 heavy (non-hydrogen) atoms. The number of hydrogen-bond acceptors (Lipinski definition) is 10. The predicted molar refractivity (Wildman–Crippen MR) is 137 cm³/mol. The third kappa shape index (κ3) is 4.30. The van der Waals surface area contributed by atoms with E-state index in [9.17, 15) is 30.0 Å². The van der Waals surface area contributed by atoms with Gasteiger partial charge in [0.2, 0.25) is 0 Å². The summed E-state index contributed by atoms with van der Waals surface area (Å²) in [7, 11) is -8.87. The normalized spacial score (nSPS) is 17.2. The van der Waals surface area contributed by atoms with Gasteiger partial charge in [-0.05, 0) is 26.7 Å². The number of hydrogen-bond donors (Lipinski definition) is 0. The van der Waals surface area contributed by atoms with Crippen molar-refractivity contribution >= 4 is 42.6 Å². The lowest BCUT2D eigenvalue weighted by Crippen LogP contribution is -2.56. The van der Waals surface area contributed by atoms with Crippen LogP contribution in [0.4, 0.5) is 29.2 Å². The molecule has 6 rings (SSSR count). The van der Waals surface area contributed by atoms with Gasteiger partial charge < -0.3 is 9.80 Å². The Morgan fingerprint density at radius 2 is 1.59 bits per heavy atom. The molecule has 3 aromatic heterocycles. The highest BCUT2D eigenvalue weighted by atomic mass is 32.2. The lowest BCUT2D eigenvalue weighted by atomic mass is 10.1. The summed E-state index contributed by atoms with van der Waals surface area (Å²) < 4.78 is 110. The highest BCUT2D eigenvalue weighted by Gasteiger charge is 2.53. The molecule has 1 aliphatic carbocycles. The van der Waals surface area contributed by atoms with Crippen LogP contribution in [-0.2, 0) is 20.0 Å². The van der Waals surface area contributed by atoms with Crippen molar-refractivity contribution in [3.05, 3.63) is 54.0 Å². The first-order valence-electron chi connectivity index (χ1n) is 12.4. The maximum atomic E-state index is 15.3. The smallest absolute Gasteiger partial charge is 0.321 e. The fourth-order valence-electron chi connectivity index (χ4n) is 4.96. The first-order valence-corrected chi connectivity index (χ1v) is 15.3. The second-order valence-corrected chi connectivity index (χ2v) is 14.2. The van der Waals surface area contributed by atoms with Gasteiger partial charge in [0.15, 0.2) is 17.5 Å². The van der Waals surface area contributed by atoms with Crippen LogP contribution in [0, 0.1) is 23.3 Å². The molecule has 12 nitrogen and oxygen atoms in total. The minimum atomic E-state index is -4.83. The summed E-state index contributed by atoms with van der Waals surface area (Å²) in [4.78, 5) is 10.8. The van der Waals surface area contributed by atoms with Gasteiger partial charge in [0, 0.05) is 37.8 Å². The average molecular weight is 615 g/mol. The lowest BCUT2D eigenvalue weighted by molar-refractivity contribution is 0.489. The van der Waals surface area contributed by atoms with E-state index in [-0.39, 0.29) is 36.7 Å². The number of halogens is 4. The van der Waals surface area contributed by atoms with Crippen LogP contribution in [0.2, 0.25) is 0 Å². The minimum absolute atomic E-state index is 0.0541. The number of fused-ring (bicyclic) bond motifs is 1. The van der Waals surface area contributed by atoms with Crippen molar-refractivity contribution in [2.45, 2.75) is 42.6 Å². The van der Waals surface area contributed by atoms with E-state index < -0.39 is 64.8 Å². The summed E-state index contributed by atoms with van der Waals surface area (Å²) in [5.74, 6) is -3.96. The van der Waals surface area contributed by atoms with Crippen LogP contribution in [0.3, 0.4) is 0 Å². The first-order chi connectivity index (χ1) is 19.2. The molecule has 0 radical (unpaired) electrons. The number of piperazine rings is 1. The van der Waals surface area contributed by atoms with Crippen LogP contribution in [0.25, 0.3) is 10.9 Å². The van der Waals surface area contributed by atoms with Gasteiger partial charge in [-0.25, -0.2) is 35.9 Å². The van der Waals surface area contributed by atoms with Crippen molar-refractivity contribution < 1.29 is 34.4 Å². The Morgan fingerprint density at radius 3 is 2.24 bits per heavy atom. The molecule has 2 fully saturated rings. The van der Waals surface area contributed by atoms with Crippen molar-refractivity contribution in [3.8, 4) is 0 Å². The molecule has 4 heterocycles. The van der Waals surface area contributed by atoms with E-state index in [1.807, 2.05) is 0 Å². The zero-order valence-electron chi connectivity index (χ0n) is 21.5. The Bertz CT molecular complexity index is 1920. The Hall–Kier alpha value is -3.80. The van der Waals surface area contributed by atoms with E-state index in [0.29, 0.717) is 27.1 Å². The molecule has 1 aromatic carbocycles. The van der Waals surface area contributed by atoms with E-state index in [0.717, 1.165) is 24.7 Å². The number of anilines is 2. The van der Waals surface area contributed by atoms with Gasteiger partial charge in [0.05, 0.1) is 27.9 Å². The third-order valence-electron chi connectivity index (χ3n) is 7.24. The maximum Gasteiger partial charge on any atom is 0.321 e. The van der Waals surface area contributed by atoms with Crippen molar-refractivity contribution in [3.63, 3.8) is 0 Å². The van der Waals surface area contributed by atoms with Crippen LogP contribution in [0.5, 0.6) is 0 Å². The van der Waals surface area contributed by atoms with Crippen molar-refractivity contribution in [2.24, 2.45) is 0 Å². The lowest BCUT2D eigenvalue weighted by Gasteiger charge is -2.43. The van der Waals surface area contributed by atoms with Gasteiger partial charge in [-0.2, -0.15) is 8.42 Å². The summed E-state index contributed by atoms with van der Waals surface area (Å²) >= 11 is 0. The SMILES string of the molecule is CC(C)S(=O)(=O)n1cnc(S(=O)(=O)n2nc(N3CCN(c4ncc(F)cc4F)CC34CC4)c3c(F)cc(F)cc32)n1. The van der Waals surface area contributed by atoms with Crippen LogP contribution in [-0.4, -0.2) is 75.6 Å². The van der Waals surface area contributed by atoms with Crippen LogP contribution < -0.4 is 9.80 Å². The molecule has 1 saturated carbocycles. The van der Waals surface area contributed by atoms with Crippen molar-refractivity contribution in [1.82, 2.24) is 28.3 Å². The summed E-state index contributed by atoms with van der Waals surface area (Å²) in [5, 5.41) is 5.64. The van der Waals surface area contributed by atoms with Gasteiger partial charge in [0.25, 0.3) is 15.2 Å². The van der Waals surface area contributed by atoms with E-state index in [1.165, 1.54) is 13.8 Å². The summed E-state index contributed by atoms with van der Waals surface area (Å²) in [6.45, 7) is 3.22. The zero-order valence-corrected chi connectivity index (χ0v) is 23.2. The molecule has 218 valence electrons. The van der Waals surface area contributed by atoms with Gasteiger partial charge in [-0.15, -0.1) is 18.4 Å². The summed E-state index contributed by atoms with van der Waals surface area (Å²) in [6.07, 6.45) is 2.75. The molecule has 0 amide bonds. The molecule has 1 saturated heterocycles. The van der Waals surface area contributed by atoms with Gasteiger partial charge in [0.1, 0.15) is 23.8 Å². The van der Waals surface area contributed by atoms with E-state index in [2.05, 4.69) is 20.2 Å². The molecule has 0 bridgehead atoms. The van der Waals surface area contributed by atoms with E-state index in [1.54, 1.807) is 9.80 Å². The number of aromatic nitrogens is 6.